The fourth-order valence-corrected chi connectivity index (χ4v) is 4.27. The van der Waals surface area contributed by atoms with Gasteiger partial charge in [0.25, 0.3) is 0 Å². The molecule has 2 aromatic carbocycles. The maximum Gasteiger partial charge on any atom is 0.229 e. The van der Waals surface area contributed by atoms with Gasteiger partial charge in [-0.25, -0.2) is 4.39 Å². The molecular weight excluding hydrogens is 381 g/mol. The normalized spacial score (nSPS) is 19.1. The molecule has 4 rings (SSSR count). The Hall–Kier alpha value is -2.89. The zero-order valence-electron chi connectivity index (χ0n) is 17.5. The van der Waals surface area contributed by atoms with Crippen molar-refractivity contribution in [3.8, 4) is 0 Å². The highest BCUT2D eigenvalue weighted by Crippen LogP contribution is 2.33. The number of amides is 2. The minimum atomic E-state index is -0.508. The summed E-state index contributed by atoms with van der Waals surface area (Å²) in [7, 11) is 0. The zero-order chi connectivity index (χ0) is 21.3. The van der Waals surface area contributed by atoms with Gasteiger partial charge in [0.2, 0.25) is 11.8 Å². The van der Waals surface area contributed by atoms with E-state index in [0.717, 1.165) is 37.2 Å². The number of anilines is 3. The van der Waals surface area contributed by atoms with Gasteiger partial charge in [-0.1, -0.05) is 32.0 Å². The van der Waals surface area contributed by atoms with Gasteiger partial charge in [-0.15, -0.1) is 0 Å². The molecule has 2 aliphatic heterocycles. The topological polar surface area (TPSA) is 52.7 Å². The molecule has 0 spiro atoms. The second-order valence-electron chi connectivity index (χ2n) is 8.47. The Kier molecular flexibility index (Phi) is 5.75. The van der Waals surface area contributed by atoms with Crippen LogP contribution >= 0.6 is 0 Å². The van der Waals surface area contributed by atoms with E-state index in [1.807, 2.05) is 30.3 Å². The van der Waals surface area contributed by atoms with Crippen LogP contribution in [0.15, 0.2) is 42.5 Å². The Morgan fingerprint density at radius 1 is 1.13 bits per heavy atom. The highest BCUT2D eigenvalue weighted by Gasteiger charge is 2.36. The summed E-state index contributed by atoms with van der Waals surface area (Å²) in [5.74, 6) is -0.989. The summed E-state index contributed by atoms with van der Waals surface area (Å²) < 4.78 is 14.6. The molecule has 1 N–H and O–H groups in total. The number of hydrogen-bond donors (Lipinski definition) is 1. The van der Waals surface area contributed by atoms with Crippen molar-refractivity contribution in [1.82, 2.24) is 0 Å². The molecule has 1 atom stereocenters. The molecule has 158 valence electrons. The van der Waals surface area contributed by atoms with E-state index in [1.165, 1.54) is 6.07 Å². The summed E-state index contributed by atoms with van der Waals surface area (Å²) in [4.78, 5) is 29.4. The number of nitrogens with one attached hydrogen (secondary N) is 1. The Morgan fingerprint density at radius 3 is 2.60 bits per heavy atom. The van der Waals surface area contributed by atoms with Crippen molar-refractivity contribution in [2.24, 2.45) is 5.92 Å². The molecular formula is C24H28FN3O2. The number of rotatable bonds is 5. The molecule has 2 amide bonds. The Bertz CT molecular complexity index is 953. The van der Waals surface area contributed by atoms with Crippen molar-refractivity contribution in [2.45, 2.75) is 39.0 Å². The number of para-hydroxylation sites is 1. The zero-order valence-corrected chi connectivity index (χ0v) is 17.5. The summed E-state index contributed by atoms with van der Waals surface area (Å²) in [5.41, 5.74) is 2.89. The van der Waals surface area contributed by atoms with Gasteiger partial charge >= 0.3 is 0 Å². The third-order valence-electron chi connectivity index (χ3n) is 6.03. The largest absolute Gasteiger partial charge is 0.370 e. The van der Waals surface area contributed by atoms with Crippen LogP contribution in [0, 0.1) is 11.7 Å². The maximum absolute atomic E-state index is 14.6. The molecule has 0 saturated carbocycles. The summed E-state index contributed by atoms with van der Waals surface area (Å²) in [5, 5.41) is 2.79. The molecule has 0 bridgehead atoms. The van der Waals surface area contributed by atoms with Gasteiger partial charge in [-0.2, -0.15) is 0 Å². The van der Waals surface area contributed by atoms with E-state index in [4.69, 9.17) is 0 Å². The first-order valence-corrected chi connectivity index (χ1v) is 10.7. The molecule has 2 fully saturated rings. The van der Waals surface area contributed by atoms with E-state index in [1.54, 1.807) is 11.0 Å². The minimum Gasteiger partial charge on any atom is -0.370 e. The second-order valence-corrected chi connectivity index (χ2v) is 8.47. The predicted octanol–water partition coefficient (Wildman–Crippen LogP) is 4.54. The molecule has 0 aliphatic carbocycles. The quantitative estimate of drug-likeness (QED) is 0.789. The molecule has 0 aromatic heterocycles. The monoisotopic (exact) mass is 409 g/mol. The number of hydrogen-bond acceptors (Lipinski definition) is 3. The van der Waals surface area contributed by atoms with Gasteiger partial charge < -0.3 is 15.1 Å². The van der Waals surface area contributed by atoms with Crippen molar-refractivity contribution in [1.29, 1.82) is 0 Å². The smallest absolute Gasteiger partial charge is 0.229 e. The third-order valence-corrected chi connectivity index (χ3v) is 6.03. The van der Waals surface area contributed by atoms with Crippen LogP contribution in [0.4, 0.5) is 21.5 Å². The summed E-state index contributed by atoms with van der Waals surface area (Å²) in [6, 6.07) is 12.7. The van der Waals surface area contributed by atoms with E-state index in [0.29, 0.717) is 18.2 Å². The first-order chi connectivity index (χ1) is 14.4. The fourth-order valence-electron chi connectivity index (χ4n) is 4.27. The molecule has 2 saturated heterocycles. The van der Waals surface area contributed by atoms with E-state index in [-0.39, 0.29) is 23.9 Å². The molecule has 2 aromatic rings. The van der Waals surface area contributed by atoms with Gasteiger partial charge in [0, 0.05) is 31.7 Å². The highest BCUT2D eigenvalue weighted by molar-refractivity contribution is 6.04. The average Bonchev–Trinajstić information content (AvgIpc) is 3.39. The van der Waals surface area contributed by atoms with Crippen LogP contribution in [-0.4, -0.2) is 31.4 Å². The van der Waals surface area contributed by atoms with E-state index in [2.05, 4.69) is 24.1 Å². The molecule has 2 aliphatic rings. The van der Waals surface area contributed by atoms with Crippen molar-refractivity contribution in [2.75, 3.05) is 34.8 Å². The van der Waals surface area contributed by atoms with E-state index in [9.17, 15) is 14.0 Å². The first kappa shape index (κ1) is 20.4. The number of halogens is 1. The van der Waals surface area contributed by atoms with Gasteiger partial charge in [0.05, 0.1) is 11.6 Å². The molecule has 0 radical (unpaired) electrons. The van der Waals surface area contributed by atoms with Gasteiger partial charge in [0.1, 0.15) is 11.5 Å². The van der Waals surface area contributed by atoms with Crippen molar-refractivity contribution in [3.05, 3.63) is 53.8 Å². The molecule has 5 nitrogen and oxygen atoms in total. The number of carbonyl (C=O) groups is 2. The number of carbonyl (C=O) groups excluding carboxylic acids is 2. The lowest BCUT2D eigenvalue weighted by molar-refractivity contribution is -0.122. The number of benzene rings is 2. The van der Waals surface area contributed by atoms with Crippen LogP contribution in [0.25, 0.3) is 0 Å². The SMILES string of the molecule is CC(C)c1cccc(N2CC(C(=O)Nc3c(F)cccc3N3CCCC3)CC2=O)c1. The van der Waals surface area contributed by atoms with Crippen LogP contribution in [0.2, 0.25) is 0 Å². The van der Waals surface area contributed by atoms with Crippen molar-refractivity contribution >= 4 is 28.9 Å². The van der Waals surface area contributed by atoms with Crippen molar-refractivity contribution in [3.63, 3.8) is 0 Å². The summed E-state index contributed by atoms with van der Waals surface area (Å²) >= 11 is 0. The minimum absolute atomic E-state index is 0.0793. The lowest BCUT2D eigenvalue weighted by Gasteiger charge is -2.23. The predicted molar refractivity (Wildman–Crippen MR) is 117 cm³/mol. The molecule has 30 heavy (non-hydrogen) atoms. The third kappa shape index (κ3) is 4.04. The van der Waals surface area contributed by atoms with Crippen LogP contribution < -0.4 is 15.1 Å². The molecule has 6 heteroatoms. The van der Waals surface area contributed by atoms with Gasteiger partial charge in [-0.05, 0) is 48.6 Å². The Morgan fingerprint density at radius 2 is 1.87 bits per heavy atom. The maximum atomic E-state index is 14.6. The standard InChI is InChI=1S/C24H28FN3O2/c1-16(2)17-7-5-8-19(13-17)28-15-18(14-22(28)29)24(30)26-23-20(25)9-6-10-21(23)27-11-3-4-12-27/h5-10,13,16,18H,3-4,11-12,14-15H2,1-2H3,(H,26,30). The van der Waals surface area contributed by atoms with Crippen LogP contribution in [0.1, 0.15) is 44.6 Å². The Balaban J connectivity index is 1.51. The van der Waals surface area contributed by atoms with Crippen molar-refractivity contribution < 1.29 is 14.0 Å². The average molecular weight is 410 g/mol. The lowest BCUT2D eigenvalue weighted by atomic mass is 10.0. The van der Waals surface area contributed by atoms with Gasteiger partial charge in [0.15, 0.2) is 0 Å². The van der Waals surface area contributed by atoms with Crippen LogP contribution in [0.5, 0.6) is 0 Å². The molecule has 2 heterocycles. The second kappa shape index (κ2) is 8.46. The molecule has 1 unspecified atom stereocenters. The fraction of sp³-hybridized carbons (Fsp3) is 0.417. The first-order valence-electron chi connectivity index (χ1n) is 10.7. The summed E-state index contributed by atoms with van der Waals surface area (Å²) in [6.07, 6.45) is 2.25. The lowest BCUT2D eigenvalue weighted by Crippen LogP contribution is -2.29. The van der Waals surface area contributed by atoms with E-state index >= 15 is 0 Å². The summed E-state index contributed by atoms with van der Waals surface area (Å²) in [6.45, 7) is 6.23. The van der Waals surface area contributed by atoms with Crippen LogP contribution in [0.3, 0.4) is 0 Å². The van der Waals surface area contributed by atoms with Crippen LogP contribution in [-0.2, 0) is 9.59 Å². The number of nitrogens with zero attached hydrogens (tertiary/aromatic N) is 2. The van der Waals surface area contributed by atoms with E-state index < -0.39 is 11.7 Å². The highest BCUT2D eigenvalue weighted by atomic mass is 19.1. The Labute approximate surface area is 176 Å². The van der Waals surface area contributed by atoms with Gasteiger partial charge in [-0.3, -0.25) is 9.59 Å².